The summed E-state index contributed by atoms with van der Waals surface area (Å²) < 4.78 is 5.68. The zero-order valence-electron chi connectivity index (χ0n) is 14.5. The van der Waals surface area contributed by atoms with E-state index in [4.69, 9.17) is 16.3 Å². The Hall–Kier alpha value is -2.53. The van der Waals surface area contributed by atoms with Gasteiger partial charge in [0.1, 0.15) is 11.6 Å². The molecular weight excluding hydrogens is 350 g/mol. The highest BCUT2D eigenvalue weighted by atomic mass is 35.5. The molecule has 3 aromatic rings. The Labute approximate surface area is 156 Å². The Kier molecular flexibility index (Phi) is 4.55. The van der Waals surface area contributed by atoms with E-state index in [1.165, 1.54) is 0 Å². The van der Waals surface area contributed by atoms with Gasteiger partial charge in [-0.25, -0.2) is 4.98 Å². The first-order valence-electron chi connectivity index (χ1n) is 8.75. The number of hydrogen-bond acceptors (Lipinski definition) is 3. The van der Waals surface area contributed by atoms with E-state index < -0.39 is 0 Å². The minimum Gasteiger partial charge on any atom is -0.482 e. The van der Waals surface area contributed by atoms with Crippen LogP contribution in [0.3, 0.4) is 0 Å². The number of aryl methyl sites for hydroxylation is 1. The summed E-state index contributed by atoms with van der Waals surface area (Å²) in [6, 6.07) is 13.4. The van der Waals surface area contributed by atoms with Crippen molar-refractivity contribution in [1.29, 1.82) is 0 Å². The topological polar surface area (TPSA) is 58.2 Å². The average Bonchev–Trinajstić information content (AvgIpc) is 3.28. The third-order valence-electron chi connectivity index (χ3n) is 4.73. The number of carbonyl (C=O) groups is 1. The Bertz CT molecular complexity index is 920. The molecule has 1 aliphatic rings. The lowest BCUT2D eigenvalue weighted by Crippen LogP contribution is -2.34. The number of likely N-dealkylation sites (tertiary alicyclic amines) is 1. The second-order valence-corrected chi connectivity index (χ2v) is 7.01. The van der Waals surface area contributed by atoms with Crippen molar-refractivity contribution in [1.82, 2.24) is 14.9 Å². The van der Waals surface area contributed by atoms with Gasteiger partial charge in [-0.1, -0.05) is 29.8 Å². The van der Waals surface area contributed by atoms with E-state index in [2.05, 4.69) is 9.97 Å². The van der Waals surface area contributed by atoms with Gasteiger partial charge in [0.05, 0.1) is 22.1 Å². The van der Waals surface area contributed by atoms with Crippen LogP contribution in [0.2, 0.25) is 5.02 Å². The first-order chi connectivity index (χ1) is 12.6. The smallest absolute Gasteiger partial charge is 0.261 e. The molecule has 0 saturated carbocycles. The van der Waals surface area contributed by atoms with Crippen LogP contribution in [0.1, 0.15) is 30.3 Å². The molecule has 2 heterocycles. The predicted molar refractivity (Wildman–Crippen MR) is 101 cm³/mol. The van der Waals surface area contributed by atoms with Gasteiger partial charge in [-0.2, -0.15) is 0 Å². The van der Waals surface area contributed by atoms with Crippen LogP contribution in [0, 0.1) is 6.92 Å². The number of nitrogens with zero attached hydrogens (tertiary/aromatic N) is 2. The average molecular weight is 370 g/mol. The van der Waals surface area contributed by atoms with Crippen LogP contribution >= 0.6 is 11.6 Å². The van der Waals surface area contributed by atoms with Gasteiger partial charge in [-0.05, 0) is 49.6 Å². The van der Waals surface area contributed by atoms with E-state index in [1.54, 1.807) is 6.07 Å². The Morgan fingerprint density at radius 3 is 3.04 bits per heavy atom. The van der Waals surface area contributed by atoms with Gasteiger partial charge >= 0.3 is 0 Å². The molecule has 5 nitrogen and oxygen atoms in total. The van der Waals surface area contributed by atoms with Gasteiger partial charge in [-0.3, -0.25) is 4.79 Å². The number of amides is 1. The molecule has 1 atom stereocenters. The fraction of sp³-hybridized carbons (Fsp3) is 0.300. The molecule has 1 N–H and O–H groups in total. The van der Waals surface area contributed by atoms with Crippen molar-refractivity contribution < 1.29 is 9.53 Å². The van der Waals surface area contributed by atoms with Crippen molar-refractivity contribution in [2.45, 2.75) is 25.8 Å². The first-order valence-corrected chi connectivity index (χ1v) is 9.12. The molecule has 0 spiro atoms. The minimum absolute atomic E-state index is 0.0279. The number of hydrogen-bond donors (Lipinski definition) is 1. The van der Waals surface area contributed by atoms with Crippen molar-refractivity contribution in [2.75, 3.05) is 13.2 Å². The number of ether oxygens (including phenoxy) is 1. The highest BCUT2D eigenvalue weighted by Crippen LogP contribution is 2.32. The Balaban J connectivity index is 1.49. The molecule has 1 fully saturated rings. The van der Waals surface area contributed by atoms with Crippen molar-refractivity contribution in [3.8, 4) is 5.75 Å². The molecule has 1 aliphatic heterocycles. The second-order valence-electron chi connectivity index (χ2n) is 6.61. The summed E-state index contributed by atoms with van der Waals surface area (Å²) in [5.74, 6) is 1.33. The number of carbonyl (C=O) groups excluding carboxylic acids is 1. The third kappa shape index (κ3) is 3.27. The Morgan fingerprint density at radius 1 is 1.35 bits per heavy atom. The van der Waals surface area contributed by atoms with Crippen LogP contribution in [0.25, 0.3) is 11.0 Å². The summed E-state index contributed by atoms with van der Waals surface area (Å²) in [7, 11) is 0. The molecule has 0 unspecified atom stereocenters. The molecule has 26 heavy (non-hydrogen) atoms. The van der Waals surface area contributed by atoms with Crippen molar-refractivity contribution in [3.05, 3.63) is 58.9 Å². The molecule has 6 heteroatoms. The summed E-state index contributed by atoms with van der Waals surface area (Å²) in [6.07, 6.45) is 1.86. The molecule has 2 aromatic carbocycles. The summed E-state index contributed by atoms with van der Waals surface area (Å²) in [6.45, 7) is 2.65. The standard InChI is InChI=1S/C20H20ClN3O2/c1-13-8-9-14(21)18(11-13)26-12-19(25)24-10-4-7-17(24)20-22-15-5-2-3-6-16(15)23-20/h2-3,5-6,8-9,11,17H,4,7,10,12H2,1H3,(H,22,23)/t17-/m0/s1. The van der Waals surface area contributed by atoms with Crippen molar-refractivity contribution in [2.24, 2.45) is 0 Å². The van der Waals surface area contributed by atoms with E-state index in [0.717, 1.165) is 35.3 Å². The van der Waals surface area contributed by atoms with E-state index in [-0.39, 0.29) is 18.6 Å². The number of halogens is 1. The molecule has 1 amide bonds. The van der Waals surface area contributed by atoms with Gasteiger partial charge in [0.15, 0.2) is 6.61 Å². The normalized spacial score (nSPS) is 17.0. The number of aromatic amines is 1. The lowest BCUT2D eigenvalue weighted by atomic mass is 10.2. The number of benzene rings is 2. The highest BCUT2D eigenvalue weighted by Gasteiger charge is 2.32. The second kappa shape index (κ2) is 7.00. The van der Waals surface area contributed by atoms with Gasteiger partial charge in [0.2, 0.25) is 0 Å². The lowest BCUT2D eigenvalue weighted by molar-refractivity contribution is -0.134. The highest BCUT2D eigenvalue weighted by molar-refractivity contribution is 6.32. The summed E-state index contributed by atoms with van der Waals surface area (Å²) in [5.41, 5.74) is 2.95. The molecule has 134 valence electrons. The number of imidazole rings is 1. The number of fused-ring (bicyclic) bond motifs is 1. The molecule has 0 radical (unpaired) electrons. The van der Waals surface area contributed by atoms with Crippen LogP contribution in [-0.2, 0) is 4.79 Å². The fourth-order valence-corrected chi connectivity index (χ4v) is 3.60. The number of nitrogens with one attached hydrogen (secondary N) is 1. The predicted octanol–water partition coefficient (Wildman–Crippen LogP) is 4.27. The number of rotatable bonds is 4. The summed E-state index contributed by atoms with van der Waals surface area (Å²) >= 11 is 6.14. The SMILES string of the molecule is Cc1ccc(Cl)c(OCC(=O)N2CCC[C@H]2c2nc3ccccc3[nH]2)c1. The van der Waals surface area contributed by atoms with Crippen LogP contribution < -0.4 is 4.74 Å². The third-order valence-corrected chi connectivity index (χ3v) is 5.05. The lowest BCUT2D eigenvalue weighted by Gasteiger charge is -2.23. The monoisotopic (exact) mass is 369 g/mol. The van der Waals surface area contributed by atoms with E-state index in [9.17, 15) is 4.79 Å². The van der Waals surface area contributed by atoms with Gasteiger partial charge in [0, 0.05) is 6.54 Å². The van der Waals surface area contributed by atoms with E-state index in [1.807, 2.05) is 48.2 Å². The van der Waals surface area contributed by atoms with Crippen LogP contribution in [0.15, 0.2) is 42.5 Å². The maximum atomic E-state index is 12.7. The zero-order valence-corrected chi connectivity index (χ0v) is 15.3. The summed E-state index contributed by atoms with van der Waals surface area (Å²) in [5, 5.41) is 0.513. The zero-order chi connectivity index (χ0) is 18.1. The molecule has 4 rings (SSSR count). The van der Waals surface area contributed by atoms with Gasteiger partial charge in [-0.15, -0.1) is 0 Å². The summed E-state index contributed by atoms with van der Waals surface area (Å²) in [4.78, 5) is 22.6. The van der Waals surface area contributed by atoms with E-state index >= 15 is 0 Å². The van der Waals surface area contributed by atoms with Crippen molar-refractivity contribution in [3.63, 3.8) is 0 Å². The quantitative estimate of drug-likeness (QED) is 0.747. The fourth-order valence-electron chi connectivity index (χ4n) is 3.42. The Morgan fingerprint density at radius 2 is 2.19 bits per heavy atom. The van der Waals surface area contributed by atoms with Gasteiger partial charge < -0.3 is 14.6 Å². The van der Waals surface area contributed by atoms with E-state index in [0.29, 0.717) is 17.3 Å². The number of para-hydroxylation sites is 2. The molecule has 1 aromatic heterocycles. The maximum Gasteiger partial charge on any atom is 0.261 e. The minimum atomic E-state index is -0.0504. The number of aromatic nitrogens is 2. The van der Waals surface area contributed by atoms with Crippen molar-refractivity contribution >= 4 is 28.5 Å². The number of H-pyrrole nitrogens is 1. The van der Waals surface area contributed by atoms with Crippen LogP contribution in [0.5, 0.6) is 5.75 Å². The first kappa shape index (κ1) is 16.9. The maximum absolute atomic E-state index is 12.7. The molecule has 1 saturated heterocycles. The van der Waals surface area contributed by atoms with Gasteiger partial charge in [0.25, 0.3) is 5.91 Å². The largest absolute Gasteiger partial charge is 0.482 e. The molecule has 0 bridgehead atoms. The molecule has 0 aliphatic carbocycles. The molecular formula is C20H20ClN3O2. The van der Waals surface area contributed by atoms with Crippen LogP contribution in [0.4, 0.5) is 0 Å². The van der Waals surface area contributed by atoms with Crippen LogP contribution in [-0.4, -0.2) is 33.9 Å².